The van der Waals surface area contributed by atoms with Gasteiger partial charge in [0.25, 0.3) is 5.91 Å². The Labute approximate surface area is 159 Å². The zero-order chi connectivity index (χ0) is 19.1. The van der Waals surface area contributed by atoms with Crippen molar-refractivity contribution in [3.05, 3.63) is 60.2 Å². The number of para-hydroxylation sites is 2. The minimum absolute atomic E-state index is 0.0194. The summed E-state index contributed by atoms with van der Waals surface area (Å²) >= 11 is 0. The third kappa shape index (κ3) is 5.08. The minimum atomic E-state index is -0.598. The fourth-order valence-corrected chi connectivity index (χ4v) is 2.89. The van der Waals surface area contributed by atoms with E-state index in [1.807, 2.05) is 42.5 Å². The number of rotatable bonds is 8. The quantitative estimate of drug-likeness (QED) is 0.727. The van der Waals surface area contributed by atoms with Crippen LogP contribution in [0.2, 0.25) is 0 Å². The van der Waals surface area contributed by atoms with Gasteiger partial charge in [0.05, 0.1) is 12.3 Å². The Morgan fingerprint density at radius 2 is 1.89 bits per heavy atom. The summed E-state index contributed by atoms with van der Waals surface area (Å²) in [5.41, 5.74) is 1.75. The lowest BCUT2D eigenvalue weighted by Gasteiger charge is -2.32. The summed E-state index contributed by atoms with van der Waals surface area (Å²) in [6.07, 6.45) is 0.113. The Morgan fingerprint density at radius 3 is 2.70 bits per heavy atom. The molecule has 0 aliphatic carbocycles. The molecule has 27 heavy (non-hydrogen) atoms. The Hall–Kier alpha value is -2.86. The number of carbonyl (C=O) groups is 2. The van der Waals surface area contributed by atoms with Crippen LogP contribution in [0.3, 0.4) is 0 Å². The van der Waals surface area contributed by atoms with Crippen molar-refractivity contribution in [2.45, 2.75) is 26.1 Å². The molecule has 2 aromatic carbocycles. The van der Waals surface area contributed by atoms with Gasteiger partial charge in [0, 0.05) is 13.2 Å². The zero-order valence-corrected chi connectivity index (χ0v) is 15.4. The van der Waals surface area contributed by atoms with Crippen LogP contribution in [0.5, 0.6) is 5.75 Å². The van der Waals surface area contributed by atoms with Crippen molar-refractivity contribution in [2.75, 3.05) is 24.6 Å². The molecule has 1 aliphatic rings. The van der Waals surface area contributed by atoms with Crippen molar-refractivity contribution < 1.29 is 19.1 Å². The molecule has 0 unspecified atom stereocenters. The first kappa shape index (κ1) is 18.9. The number of hydrogen-bond donors (Lipinski definition) is 1. The van der Waals surface area contributed by atoms with E-state index in [1.165, 1.54) is 4.90 Å². The monoisotopic (exact) mass is 368 g/mol. The lowest BCUT2D eigenvalue weighted by atomic mass is 10.2. The van der Waals surface area contributed by atoms with Crippen LogP contribution in [0, 0.1) is 0 Å². The van der Waals surface area contributed by atoms with Gasteiger partial charge in [0.1, 0.15) is 12.3 Å². The Bertz CT molecular complexity index is 779. The van der Waals surface area contributed by atoms with Gasteiger partial charge in [-0.15, -0.1) is 0 Å². The molecule has 2 aromatic rings. The molecule has 142 valence electrons. The van der Waals surface area contributed by atoms with E-state index in [2.05, 4.69) is 5.32 Å². The molecule has 1 aliphatic heterocycles. The summed E-state index contributed by atoms with van der Waals surface area (Å²) in [4.78, 5) is 26.1. The van der Waals surface area contributed by atoms with E-state index in [9.17, 15) is 9.59 Å². The number of nitrogens with zero attached hydrogens (tertiary/aromatic N) is 1. The largest absolute Gasteiger partial charge is 0.479 e. The molecule has 6 heteroatoms. The fourth-order valence-electron chi connectivity index (χ4n) is 2.89. The van der Waals surface area contributed by atoms with Gasteiger partial charge in [-0.1, -0.05) is 42.5 Å². The number of anilines is 1. The van der Waals surface area contributed by atoms with Gasteiger partial charge in [-0.05, 0) is 31.0 Å². The van der Waals surface area contributed by atoms with Crippen LogP contribution in [-0.4, -0.2) is 37.6 Å². The molecule has 0 saturated heterocycles. The normalized spacial score (nSPS) is 15.8. The lowest BCUT2D eigenvalue weighted by Crippen LogP contribution is -2.48. The summed E-state index contributed by atoms with van der Waals surface area (Å²) in [5.74, 6) is 0.206. The molecule has 1 atom stereocenters. The highest BCUT2D eigenvalue weighted by Crippen LogP contribution is 2.33. The van der Waals surface area contributed by atoms with Crippen LogP contribution in [0.25, 0.3) is 0 Å². The SMILES string of the molecule is C[C@H]1Oc2ccccc2N(CC(=O)NCCCOCc2ccccc2)C1=O. The average molecular weight is 368 g/mol. The first-order chi connectivity index (χ1) is 13.1. The van der Waals surface area contributed by atoms with Gasteiger partial charge in [-0.25, -0.2) is 0 Å². The van der Waals surface area contributed by atoms with Crippen LogP contribution < -0.4 is 15.0 Å². The molecule has 6 nitrogen and oxygen atoms in total. The number of carbonyl (C=O) groups excluding carboxylic acids is 2. The third-order valence-corrected chi connectivity index (χ3v) is 4.27. The van der Waals surface area contributed by atoms with Gasteiger partial charge >= 0.3 is 0 Å². The number of hydrogen-bond acceptors (Lipinski definition) is 4. The second-order valence-corrected chi connectivity index (χ2v) is 6.39. The number of amides is 2. The molecule has 0 fully saturated rings. The highest BCUT2D eigenvalue weighted by Gasteiger charge is 2.32. The standard InChI is InChI=1S/C21H24N2O4/c1-16-21(25)23(18-10-5-6-11-19(18)27-16)14-20(24)22-12-7-13-26-15-17-8-3-2-4-9-17/h2-6,8-11,16H,7,12-15H2,1H3,(H,22,24)/t16-/m1/s1. The van der Waals surface area contributed by atoms with Crippen LogP contribution >= 0.6 is 0 Å². The summed E-state index contributed by atoms with van der Waals surface area (Å²) in [6.45, 7) is 3.29. The van der Waals surface area contributed by atoms with Crippen molar-refractivity contribution in [2.24, 2.45) is 0 Å². The van der Waals surface area contributed by atoms with Gasteiger partial charge in [0.2, 0.25) is 5.91 Å². The Morgan fingerprint density at radius 1 is 1.15 bits per heavy atom. The smallest absolute Gasteiger partial charge is 0.268 e. The van der Waals surface area contributed by atoms with E-state index in [0.29, 0.717) is 37.6 Å². The summed E-state index contributed by atoms with van der Waals surface area (Å²) in [6, 6.07) is 17.2. The predicted molar refractivity (Wildman–Crippen MR) is 103 cm³/mol. The maximum absolute atomic E-state index is 12.4. The highest BCUT2D eigenvalue weighted by atomic mass is 16.5. The topological polar surface area (TPSA) is 67.9 Å². The van der Waals surface area contributed by atoms with Gasteiger partial charge in [-0.3, -0.25) is 14.5 Å². The second kappa shape index (κ2) is 9.19. The molecule has 3 rings (SSSR count). The molecule has 1 N–H and O–H groups in total. The molecular weight excluding hydrogens is 344 g/mol. The lowest BCUT2D eigenvalue weighted by molar-refractivity contribution is -0.128. The molecule has 1 heterocycles. The second-order valence-electron chi connectivity index (χ2n) is 6.39. The first-order valence-corrected chi connectivity index (χ1v) is 9.10. The van der Waals surface area contributed by atoms with Crippen molar-refractivity contribution >= 4 is 17.5 Å². The number of ether oxygens (including phenoxy) is 2. The average Bonchev–Trinajstić information content (AvgIpc) is 2.69. The summed E-state index contributed by atoms with van der Waals surface area (Å²) in [7, 11) is 0. The highest BCUT2D eigenvalue weighted by molar-refractivity contribution is 6.03. The van der Waals surface area contributed by atoms with Gasteiger partial charge in [-0.2, -0.15) is 0 Å². The molecule has 0 bridgehead atoms. The Kier molecular flexibility index (Phi) is 6.44. The van der Waals surface area contributed by atoms with Gasteiger partial charge < -0.3 is 14.8 Å². The fraction of sp³-hybridized carbons (Fsp3) is 0.333. The van der Waals surface area contributed by atoms with Crippen LogP contribution in [0.4, 0.5) is 5.69 Å². The Balaban J connectivity index is 1.41. The van der Waals surface area contributed by atoms with Crippen LogP contribution in [0.1, 0.15) is 18.9 Å². The molecule has 0 aromatic heterocycles. The van der Waals surface area contributed by atoms with E-state index in [1.54, 1.807) is 19.1 Å². The van der Waals surface area contributed by atoms with E-state index in [-0.39, 0.29) is 18.4 Å². The maximum Gasteiger partial charge on any atom is 0.268 e. The molecule has 2 amide bonds. The van der Waals surface area contributed by atoms with Crippen molar-refractivity contribution in [1.82, 2.24) is 5.32 Å². The van der Waals surface area contributed by atoms with Crippen LogP contribution in [0.15, 0.2) is 54.6 Å². The van der Waals surface area contributed by atoms with Crippen LogP contribution in [-0.2, 0) is 20.9 Å². The molecule has 0 saturated carbocycles. The molecule has 0 radical (unpaired) electrons. The number of nitrogens with one attached hydrogen (secondary N) is 1. The summed E-state index contributed by atoms with van der Waals surface area (Å²) < 4.78 is 11.2. The first-order valence-electron chi connectivity index (χ1n) is 9.10. The summed E-state index contributed by atoms with van der Waals surface area (Å²) in [5, 5.41) is 2.84. The predicted octanol–water partition coefficient (Wildman–Crippen LogP) is 2.52. The zero-order valence-electron chi connectivity index (χ0n) is 15.4. The van der Waals surface area contributed by atoms with Crippen molar-refractivity contribution in [1.29, 1.82) is 0 Å². The number of fused-ring (bicyclic) bond motifs is 1. The van der Waals surface area contributed by atoms with E-state index < -0.39 is 6.10 Å². The third-order valence-electron chi connectivity index (χ3n) is 4.27. The van der Waals surface area contributed by atoms with E-state index >= 15 is 0 Å². The molecular formula is C21H24N2O4. The van der Waals surface area contributed by atoms with Crippen molar-refractivity contribution in [3.8, 4) is 5.75 Å². The maximum atomic E-state index is 12.4. The van der Waals surface area contributed by atoms with E-state index in [4.69, 9.17) is 9.47 Å². The number of benzene rings is 2. The minimum Gasteiger partial charge on any atom is -0.479 e. The van der Waals surface area contributed by atoms with E-state index in [0.717, 1.165) is 5.56 Å². The molecule has 0 spiro atoms. The van der Waals surface area contributed by atoms with Gasteiger partial charge in [0.15, 0.2) is 6.10 Å². The van der Waals surface area contributed by atoms with Crippen molar-refractivity contribution in [3.63, 3.8) is 0 Å².